The fraction of sp³-hybridized carbons (Fsp3) is 0.438. The molecular weight excluding hydrogens is 206 g/mol. The lowest BCUT2D eigenvalue weighted by Gasteiger charge is -2.43. The predicted molar refractivity (Wildman–Crippen MR) is 69.5 cm³/mol. The Bertz CT molecular complexity index is 552. The van der Waals surface area contributed by atoms with Crippen LogP contribution >= 0.6 is 0 Å². The Morgan fingerprint density at radius 1 is 1.18 bits per heavy atom. The first-order valence-corrected chi connectivity index (χ1v) is 6.61. The monoisotopic (exact) mass is 224 g/mol. The van der Waals surface area contributed by atoms with E-state index < -0.39 is 0 Å². The Kier molecular flexibility index (Phi) is 1.76. The molecule has 0 aromatic heterocycles. The summed E-state index contributed by atoms with van der Waals surface area (Å²) in [6.07, 6.45) is 6.13. The van der Waals surface area contributed by atoms with Gasteiger partial charge in [-0.25, -0.2) is 4.58 Å². The molecule has 1 aromatic rings. The van der Waals surface area contributed by atoms with Crippen LogP contribution in [0, 0.1) is 11.8 Å². The zero-order chi connectivity index (χ0) is 11.6. The molecule has 2 heterocycles. The van der Waals surface area contributed by atoms with Crippen molar-refractivity contribution in [3.05, 3.63) is 47.5 Å². The largest absolute Gasteiger partial charge is 0.232 e. The van der Waals surface area contributed by atoms with Crippen molar-refractivity contribution in [3.63, 3.8) is 0 Å². The highest BCUT2D eigenvalue weighted by Gasteiger charge is 2.53. The minimum absolute atomic E-state index is 0.608. The van der Waals surface area contributed by atoms with Crippen molar-refractivity contribution in [2.45, 2.75) is 25.3 Å². The molecule has 2 bridgehead atoms. The van der Waals surface area contributed by atoms with Crippen molar-refractivity contribution < 1.29 is 4.58 Å². The zero-order valence-electron chi connectivity index (χ0n) is 10.4. The van der Waals surface area contributed by atoms with Crippen molar-refractivity contribution >= 4 is 5.71 Å². The summed E-state index contributed by atoms with van der Waals surface area (Å²) >= 11 is 0. The van der Waals surface area contributed by atoms with Gasteiger partial charge < -0.3 is 0 Å². The van der Waals surface area contributed by atoms with E-state index >= 15 is 0 Å². The van der Waals surface area contributed by atoms with E-state index in [4.69, 9.17) is 0 Å². The molecule has 0 amide bonds. The molecular formula is C16H18N+. The van der Waals surface area contributed by atoms with Crippen LogP contribution in [0.4, 0.5) is 0 Å². The first kappa shape index (κ1) is 9.64. The fourth-order valence-electron chi connectivity index (χ4n) is 4.33. The average molecular weight is 224 g/mol. The summed E-state index contributed by atoms with van der Waals surface area (Å²) in [5.41, 5.74) is 4.72. The van der Waals surface area contributed by atoms with E-state index in [1.807, 2.05) is 0 Å². The second-order valence-electron chi connectivity index (χ2n) is 5.71. The molecule has 5 rings (SSSR count). The maximum absolute atomic E-state index is 2.53. The third-order valence-electron chi connectivity index (χ3n) is 5.12. The van der Waals surface area contributed by atoms with E-state index in [0.29, 0.717) is 12.0 Å². The van der Waals surface area contributed by atoms with Crippen LogP contribution in [0.1, 0.15) is 36.4 Å². The molecule has 4 unspecified atom stereocenters. The molecule has 2 aliphatic carbocycles. The lowest BCUT2D eigenvalue weighted by Crippen LogP contribution is -2.46. The fourth-order valence-corrected chi connectivity index (χ4v) is 4.33. The van der Waals surface area contributed by atoms with Gasteiger partial charge in [0, 0.05) is 24.3 Å². The molecule has 0 saturated carbocycles. The van der Waals surface area contributed by atoms with E-state index in [0.717, 1.165) is 11.8 Å². The molecule has 0 fully saturated rings. The molecule has 0 radical (unpaired) electrons. The third kappa shape index (κ3) is 1.03. The summed E-state index contributed by atoms with van der Waals surface area (Å²) in [6, 6.07) is 9.67. The van der Waals surface area contributed by atoms with Crippen LogP contribution in [-0.2, 0) is 0 Å². The first-order valence-electron chi connectivity index (χ1n) is 6.61. The quantitative estimate of drug-likeness (QED) is 0.470. The van der Waals surface area contributed by atoms with Crippen LogP contribution in [0.25, 0.3) is 0 Å². The lowest BCUT2D eigenvalue weighted by molar-refractivity contribution is -0.566. The highest BCUT2D eigenvalue weighted by Crippen LogP contribution is 2.54. The van der Waals surface area contributed by atoms with Gasteiger partial charge in [-0.2, -0.15) is 0 Å². The highest BCUT2D eigenvalue weighted by molar-refractivity contribution is 5.87. The van der Waals surface area contributed by atoms with Gasteiger partial charge in [0.05, 0.1) is 5.92 Å². The van der Waals surface area contributed by atoms with Crippen LogP contribution < -0.4 is 0 Å². The molecule has 1 aromatic carbocycles. The summed E-state index contributed by atoms with van der Waals surface area (Å²) in [4.78, 5) is 0. The number of rotatable bonds is 0. The average Bonchev–Trinajstić information content (AvgIpc) is 2.82. The van der Waals surface area contributed by atoms with Crippen LogP contribution in [0.15, 0.2) is 36.4 Å². The van der Waals surface area contributed by atoms with Crippen LogP contribution in [-0.4, -0.2) is 17.3 Å². The number of allylic oxidation sites excluding steroid dienone is 2. The second-order valence-corrected chi connectivity index (χ2v) is 5.71. The Hall–Kier alpha value is -1.37. The van der Waals surface area contributed by atoms with Crippen molar-refractivity contribution in [2.75, 3.05) is 7.05 Å². The maximum atomic E-state index is 2.53. The van der Waals surface area contributed by atoms with E-state index in [2.05, 4.69) is 55.0 Å². The maximum Gasteiger partial charge on any atom is 0.181 e. The smallest absolute Gasteiger partial charge is 0.181 e. The molecule has 4 aliphatic rings. The molecule has 0 N–H and O–H groups in total. The van der Waals surface area contributed by atoms with Gasteiger partial charge in [-0.1, -0.05) is 36.4 Å². The van der Waals surface area contributed by atoms with Crippen molar-refractivity contribution in [1.82, 2.24) is 0 Å². The van der Waals surface area contributed by atoms with E-state index in [1.54, 1.807) is 16.8 Å². The first-order chi connectivity index (χ1) is 8.29. The summed E-state index contributed by atoms with van der Waals surface area (Å²) in [5.74, 6) is 2.19. The van der Waals surface area contributed by atoms with E-state index in [1.165, 1.54) is 6.42 Å². The normalized spacial score (nSPS) is 37.3. The summed E-state index contributed by atoms with van der Waals surface area (Å²) in [5, 5.41) is 0. The Morgan fingerprint density at radius 2 is 1.94 bits per heavy atom. The standard InChI is InChI=1S/C16H18N/c1-10-15-11-6-3-4-7-13(11)16(17(10)2)14-9-5-8-12(14)15/h3-8,12,14-16H,9H2,1-2H3/q+1. The molecule has 17 heavy (non-hydrogen) atoms. The predicted octanol–water partition coefficient (Wildman–Crippen LogP) is 3.13. The van der Waals surface area contributed by atoms with Crippen molar-refractivity contribution in [1.29, 1.82) is 0 Å². The zero-order valence-corrected chi connectivity index (χ0v) is 10.4. The Morgan fingerprint density at radius 3 is 2.76 bits per heavy atom. The van der Waals surface area contributed by atoms with Crippen molar-refractivity contribution in [2.24, 2.45) is 11.8 Å². The summed E-state index contributed by atoms with van der Waals surface area (Å²) in [7, 11) is 2.28. The minimum atomic E-state index is 0.608. The SMILES string of the molecule is CC1=[N+](C)C2c3ccccc3C1C1C=CCC12. The lowest BCUT2D eigenvalue weighted by atomic mass is 9.63. The minimum Gasteiger partial charge on any atom is -0.232 e. The van der Waals surface area contributed by atoms with Gasteiger partial charge in [0.15, 0.2) is 11.8 Å². The van der Waals surface area contributed by atoms with Gasteiger partial charge in [-0.3, -0.25) is 0 Å². The topological polar surface area (TPSA) is 3.01 Å². The summed E-state index contributed by atoms with van der Waals surface area (Å²) < 4.78 is 2.53. The van der Waals surface area contributed by atoms with Gasteiger partial charge in [0.2, 0.25) is 0 Å². The molecule has 1 heteroatoms. The molecule has 0 spiro atoms. The molecule has 4 atom stereocenters. The van der Waals surface area contributed by atoms with E-state index in [-0.39, 0.29) is 0 Å². The number of hydrogen-bond donors (Lipinski definition) is 0. The second kappa shape index (κ2) is 3.10. The third-order valence-corrected chi connectivity index (χ3v) is 5.12. The van der Waals surface area contributed by atoms with Gasteiger partial charge >= 0.3 is 0 Å². The van der Waals surface area contributed by atoms with Gasteiger partial charge in [-0.15, -0.1) is 0 Å². The molecule has 2 aliphatic heterocycles. The number of hydrogen-bond acceptors (Lipinski definition) is 0. The highest BCUT2D eigenvalue weighted by atomic mass is 15.1. The van der Waals surface area contributed by atoms with Crippen LogP contribution in [0.2, 0.25) is 0 Å². The number of benzene rings is 1. The van der Waals surface area contributed by atoms with E-state index in [9.17, 15) is 0 Å². The Labute approximate surface area is 102 Å². The molecule has 1 nitrogen and oxygen atoms in total. The Balaban J connectivity index is 2.01. The van der Waals surface area contributed by atoms with Gasteiger partial charge in [-0.05, 0) is 12.0 Å². The van der Waals surface area contributed by atoms with Crippen molar-refractivity contribution in [3.8, 4) is 0 Å². The number of nitrogens with zero attached hydrogens (tertiary/aromatic N) is 1. The van der Waals surface area contributed by atoms with Gasteiger partial charge in [0.1, 0.15) is 7.05 Å². The van der Waals surface area contributed by atoms with Crippen LogP contribution in [0.3, 0.4) is 0 Å². The molecule has 0 saturated heterocycles. The van der Waals surface area contributed by atoms with Gasteiger partial charge in [0.25, 0.3) is 0 Å². The summed E-state index contributed by atoms with van der Waals surface area (Å²) in [6.45, 7) is 2.32. The van der Waals surface area contributed by atoms with Crippen LogP contribution in [0.5, 0.6) is 0 Å². The molecule has 86 valence electrons.